The highest BCUT2D eigenvalue weighted by Gasteiger charge is 2.33. The lowest BCUT2D eigenvalue weighted by Crippen LogP contribution is -2.29. The Morgan fingerprint density at radius 2 is 2.05 bits per heavy atom. The van der Waals surface area contributed by atoms with Gasteiger partial charge in [-0.25, -0.2) is 0 Å². The topological polar surface area (TPSA) is 27.0 Å². The second-order valence-corrected chi connectivity index (χ2v) is 4.60. The van der Waals surface area contributed by atoms with Crippen LogP contribution in [-0.4, -0.2) is 13.1 Å². The third-order valence-electron chi connectivity index (χ3n) is 3.13. The van der Waals surface area contributed by atoms with E-state index in [0.29, 0.717) is 12.2 Å². The molecule has 0 N–H and O–H groups in total. The number of hydrogen-bond donors (Lipinski definition) is 0. The van der Waals surface area contributed by atoms with Crippen LogP contribution in [-0.2, 0) is 6.18 Å². The van der Waals surface area contributed by atoms with E-state index in [1.54, 1.807) is 6.07 Å². The molecule has 100 valence electrons. The van der Waals surface area contributed by atoms with Gasteiger partial charge in [-0.1, -0.05) is 11.6 Å². The average Bonchev–Trinajstić information content (AvgIpc) is 2.37. The van der Waals surface area contributed by atoms with Crippen molar-refractivity contribution in [3.05, 3.63) is 41.0 Å². The van der Waals surface area contributed by atoms with Crippen LogP contribution in [0.3, 0.4) is 0 Å². The minimum Gasteiger partial charge on any atom is -0.367 e. The van der Waals surface area contributed by atoms with Gasteiger partial charge in [0, 0.05) is 18.8 Å². The first kappa shape index (κ1) is 13.5. The molecule has 0 unspecified atom stereocenters. The lowest BCUT2D eigenvalue weighted by atomic mass is 10.0. The van der Waals surface area contributed by atoms with E-state index in [0.717, 1.165) is 19.0 Å². The van der Waals surface area contributed by atoms with Gasteiger partial charge in [0.1, 0.15) is 0 Å². The number of benzene rings is 1. The fourth-order valence-electron chi connectivity index (χ4n) is 2.20. The van der Waals surface area contributed by atoms with Gasteiger partial charge in [-0.15, -0.1) is 0 Å². The standard InChI is InChI=1S/C14H13F3N2/c1-10-3-2-6-19(9-10)12-4-5-13(14(15,16)17)11(7-12)8-18/h3-5,7H,2,6,9H2,1H3. The van der Waals surface area contributed by atoms with Crippen LogP contribution < -0.4 is 4.90 Å². The Morgan fingerprint density at radius 1 is 1.32 bits per heavy atom. The monoisotopic (exact) mass is 266 g/mol. The summed E-state index contributed by atoms with van der Waals surface area (Å²) < 4.78 is 38.1. The lowest BCUT2D eigenvalue weighted by molar-refractivity contribution is -0.137. The van der Waals surface area contributed by atoms with E-state index in [1.807, 2.05) is 11.8 Å². The Balaban J connectivity index is 2.35. The summed E-state index contributed by atoms with van der Waals surface area (Å²) in [4.78, 5) is 1.98. The minimum atomic E-state index is -4.48. The van der Waals surface area contributed by atoms with Crippen LogP contribution >= 0.6 is 0 Å². The second kappa shape index (κ2) is 4.96. The molecule has 0 bridgehead atoms. The predicted molar refractivity (Wildman–Crippen MR) is 66.7 cm³/mol. The Morgan fingerprint density at radius 3 is 2.63 bits per heavy atom. The number of anilines is 1. The molecule has 0 amide bonds. The molecule has 0 atom stereocenters. The molecule has 2 nitrogen and oxygen atoms in total. The number of hydrogen-bond acceptors (Lipinski definition) is 2. The summed E-state index contributed by atoms with van der Waals surface area (Å²) in [5.41, 5.74) is 0.655. The highest BCUT2D eigenvalue weighted by atomic mass is 19.4. The molecule has 1 aromatic rings. The minimum absolute atomic E-state index is 0.322. The van der Waals surface area contributed by atoms with Crippen molar-refractivity contribution in [1.29, 1.82) is 5.26 Å². The second-order valence-electron chi connectivity index (χ2n) is 4.60. The van der Waals surface area contributed by atoms with Crippen molar-refractivity contribution in [3.63, 3.8) is 0 Å². The molecule has 0 fully saturated rings. The zero-order valence-corrected chi connectivity index (χ0v) is 10.5. The lowest BCUT2D eigenvalue weighted by Gasteiger charge is -2.28. The van der Waals surface area contributed by atoms with Crippen LogP contribution in [0.1, 0.15) is 24.5 Å². The van der Waals surface area contributed by atoms with E-state index < -0.39 is 11.7 Å². The molecular weight excluding hydrogens is 253 g/mol. The van der Waals surface area contributed by atoms with E-state index in [1.165, 1.54) is 17.7 Å². The van der Waals surface area contributed by atoms with Gasteiger partial charge in [0.25, 0.3) is 0 Å². The molecular formula is C14H13F3N2. The van der Waals surface area contributed by atoms with Crippen LogP contribution in [0.4, 0.5) is 18.9 Å². The fourth-order valence-corrected chi connectivity index (χ4v) is 2.20. The van der Waals surface area contributed by atoms with Crippen molar-refractivity contribution in [1.82, 2.24) is 0 Å². The van der Waals surface area contributed by atoms with Gasteiger partial charge >= 0.3 is 6.18 Å². The van der Waals surface area contributed by atoms with E-state index >= 15 is 0 Å². The van der Waals surface area contributed by atoms with Gasteiger partial charge in [-0.05, 0) is 31.5 Å². The van der Waals surface area contributed by atoms with E-state index in [9.17, 15) is 13.2 Å². The van der Waals surface area contributed by atoms with E-state index in [4.69, 9.17) is 5.26 Å². The number of nitriles is 1. The summed E-state index contributed by atoms with van der Waals surface area (Å²) >= 11 is 0. The molecule has 0 saturated carbocycles. The molecule has 5 heteroatoms. The van der Waals surface area contributed by atoms with Gasteiger partial charge in [-0.2, -0.15) is 18.4 Å². The maximum absolute atomic E-state index is 12.7. The molecule has 2 rings (SSSR count). The molecule has 1 aliphatic rings. The van der Waals surface area contributed by atoms with Gasteiger partial charge in [0.15, 0.2) is 0 Å². The summed E-state index contributed by atoms with van der Waals surface area (Å²) in [7, 11) is 0. The van der Waals surface area contributed by atoms with Gasteiger partial charge in [-0.3, -0.25) is 0 Å². The summed E-state index contributed by atoms with van der Waals surface area (Å²) in [6.07, 6.45) is -1.50. The first-order chi connectivity index (χ1) is 8.91. The SMILES string of the molecule is CC1=CCCN(c2ccc(C(F)(F)F)c(C#N)c2)C1. The molecule has 1 aliphatic heterocycles. The Hall–Kier alpha value is -1.96. The van der Waals surface area contributed by atoms with Crippen LogP contribution in [0.15, 0.2) is 29.8 Å². The zero-order valence-electron chi connectivity index (χ0n) is 10.5. The number of halogens is 3. The summed E-state index contributed by atoms with van der Waals surface area (Å²) in [5, 5.41) is 8.88. The van der Waals surface area contributed by atoms with Crippen LogP contribution in [0.2, 0.25) is 0 Å². The van der Waals surface area contributed by atoms with Crippen molar-refractivity contribution in [2.45, 2.75) is 19.5 Å². The van der Waals surface area contributed by atoms with Gasteiger partial charge in [0.05, 0.1) is 17.2 Å². The van der Waals surface area contributed by atoms with Crippen LogP contribution in [0.5, 0.6) is 0 Å². The summed E-state index contributed by atoms with van der Waals surface area (Å²) in [6.45, 7) is 3.44. The van der Waals surface area contributed by atoms with Crippen molar-refractivity contribution >= 4 is 5.69 Å². The quantitative estimate of drug-likeness (QED) is 0.724. The molecule has 19 heavy (non-hydrogen) atoms. The van der Waals surface area contributed by atoms with Gasteiger partial charge in [0.2, 0.25) is 0 Å². The smallest absolute Gasteiger partial charge is 0.367 e. The number of rotatable bonds is 1. The molecule has 0 aromatic heterocycles. The van der Waals surface area contributed by atoms with Gasteiger partial charge < -0.3 is 4.90 Å². The number of nitrogens with zero attached hydrogens (tertiary/aromatic N) is 2. The summed E-state index contributed by atoms with van der Waals surface area (Å²) in [6, 6.07) is 5.37. The van der Waals surface area contributed by atoms with E-state index in [2.05, 4.69) is 6.08 Å². The van der Waals surface area contributed by atoms with Crippen molar-refractivity contribution in [2.24, 2.45) is 0 Å². The molecule has 0 spiro atoms. The first-order valence-electron chi connectivity index (χ1n) is 5.94. The van der Waals surface area contributed by atoms with Crippen LogP contribution in [0, 0.1) is 11.3 Å². The third kappa shape index (κ3) is 2.90. The van der Waals surface area contributed by atoms with E-state index in [-0.39, 0.29) is 5.56 Å². The fraction of sp³-hybridized carbons (Fsp3) is 0.357. The normalized spacial score (nSPS) is 15.9. The Labute approximate surface area is 109 Å². The zero-order chi connectivity index (χ0) is 14.0. The Kier molecular flexibility index (Phi) is 3.52. The van der Waals surface area contributed by atoms with Crippen molar-refractivity contribution < 1.29 is 13.2 Å². The maximum atomic E-state index is 12.7. The summed E-state index contributed by atoms with van der Waals surface area (Å²) in [5.74, 6) is 0. The molecule has 1 aromatic carbocycles. The van der Waals surface area contributed by atoms with Crippen molar-refractivity contribution in [3.8, 4) is 6.07 Å². The first-order valence-corrected chi connectivity index (χ1v) is 5.94. The third-order valence-corrected chi connectivity index (χ3v) is 3.13. The molecule has 0 aliphatic carbocycles. The average molecular weight is 266 g/mol. The predicted octanol–water partition coefficient (Wildman–Crippen LogP) is 3.73. The Bertz CT molecular complexity index is 553. The maximum Gasteiger partial charge on any atom is 0.417 e. The number of alkyl halides is 3. The molecule has 0 radical (unpaired) electrons. The van der Waals surface area contributed by atoms with Crippen LogP contribution in [0.25, 0.3) is 0 Å². The highest BCUT2D eigenvalue weighted by molar-refractivity contribution is 5.56. The molecule has 1 heterocycles. The largest absolute Gasteiger partial charge is 0.417 e. The molecule has 0 saturated heterocycles. The highest BCUT2D eigenvalue weighted by Crippen LogP contribution is 2.34. The van der Waals surface area contributed by atoms with Crippen molar-refractivity contribution in [2.75, 3.05) is 18.0 Å².